The van der Waals surface area contributed by atoms with E-state index in [1.165, 1.54) is 0 Å². The van der Waals surface area contributed by atoms with Crippen molar-refractivity contribution in [2.45, 2.75) is 6.54 Å². The van der Waals surface area contributed by atoms with E-state index >= 15 is 0 Å². The Balaban J connectivity index is 2.11. The Morgan fingerprint density at radius 2 is 1.70 bits per heavy atom. The molecular formula is C16H17ClN2O3S. The average molecular weight is 353 g/mol. The topological polar surface area (TPSA) is 66.5 Å². The molecule has 2 rings (SSSR count). The second kappa shape index (κ2) is 7.59. The highest BCUT2D eigenvalue weighted by atomic mass is 35.5. The second-order valence-electron chi connectivity index (χ2n) is 5.04. The fourth-order valence-corrected chi connectivity index (χ4v) is 2.91. The van der Waals surface area contributed by atoms with E-state index in [1.54, 1.807) is 48.5 Å². The van der Waals surface area contributed by atoms with E-state index in [0.717, 1.165) is 10.6 Å². The standard InChI is InChI=1S/C16H17ClN2O3S/c1-23(21,22)19(11-13-7-5-6-10-15(13)17)12-16(20)18-14-8-3-2-4-9-14/h2-10H,11-12H2,1H3,(H,18,20). The number of carbonyl (C=O) groups excluding carboxylic acids is 1. The Morgan fingerprint density at radius 3 is 2.30 bits per heavy atom. The summed E-state index contributed by atoms with van der Waals surface area (Å²) < 4.78 is 25.0. The Hall–Kier alpha value is -1.89. The second-order valence-corrected chi connectivity index (χ2v) is 7.43. The van der Waals surface area contributed by atoms with Gasteiger partial charge in [0.2, 0.25) is 15.9 Å². The average Bonchev–Trinajstić information content (AvgIpc) is 2.48. The maximum atomic E-state index is 12.1. The van der Waals surface area contributed by atoms with E-state index in [4.69, 9.17) is 11.6 Å². The number of hydrogen-bond acceptors (Lipinski definition) is 3. The molecule has 0 fully saturated rings. The maximum Gasteiger partial charge on any atom is 0.239 e. The highest BCUT2D eigenvalue weighted by molar-refractivity contribution is 7.88. The molecule has 0 spiro atoms. The first kappa shape index (κ1) is 17.5. The van der Waals surface area contributed by atoms with E-state index in [1.807, 2.05) is 6.07 Å². The van der Waals surface area contributed by atoms with Crippen LogP contribution in [0.5, 0.6) is 0 Å². The number of amides is 1. The molecule has 1 amide bonds. The molecule has 7 heteroatoms. The predicted molar refractivity (Wildman–Crippen MR) is 91.8 cm³/mol. The van der Waals surface area contributed by atoms with Crippen molar-refractivity contribution in [3.63, 3.8) is 0 Å². The van der Waals surface area contributed by atoms with Gasteiger partial charge in [-0.25, -0.2) is 8.42 Å². The molecule has 0 aliphatic carbocycles. The van der Waals surface area contributed by atoms with Gasteiger partial charge in [0.1, 0.15) is 0 Å². The van der Waals surface area contributed by atoms with Crippen LogP contribution in [0.3, 0.4) is 0 Å². The SMILES string of the molecule is CS(=O)(=O)N(CC(=O)Nc1ccccc1)Cc1ccccc1Cl. The van der Waals surface area contributed by atoms with Gasteiger partial charge in [-0.1, -0.05) is 48.0 Å². The Labute approximate surface area is 140 Å². The molecule has 23 heavy (non-hydrogen) atoms. The van der Waals surface area contributed by atoms with Gasteiger partial charge in [0.25, 0.3) is 0 Å². The third-order valence-electron chi connectivity index (χ3n) is 3.15. The van der Waals surface area contributed by atoms with E-state index in [0.29, 0.717) is 16.3 Å². The van der Waals surface area contributed by atoms with Gasteiger partial charge in [-0.15, -0.1) is 0 Å². The molecule has 0 saturated heterocycles. The number of nitrogens with zero attached hydrogens (tertiary/aromatic N) is 1. The zero-order chi connectivity index (χ0) is 16.9. The van der Waals surface area contributed by atoms with Gasteiger partial charge in [0.15, 0.2) is 0 Å². The highest BCUT2D eigenvalue weighted by Gasteiger charge is 2.21. The molecule has 0 atom stereocenters. The van der Waals surface area contributed by atoms with Crippen LogP contribution in [0.2, 0.25) is 5.02 Å². The van der Waals surface area contributed by atoms with Crippen LogP contribution < -0.4 is 5.32 Å². The van der Waals surface area contributed by atoms with Crippen molar-refractivity contribution in [3.05, 3.63) is 65.2 Å². The van der Waals surface area contributed by atoms with Crippen molar-refractivity contribution in [2.75, 3.05) is 18.1 Å². The molecule has 0 aliphatic heterocycles. The van der Waals surface area contributed by atoms with Crippen LogP contribution in [-0.2, 0) is 21.4 Å². The summed E-state index contributed by atoms with van der Waals surface area (Å²) in [5.74, 6) is -0.409. The molecule has 5 nitrogen and oxygen atoms in total. The normalized spacial score (nSPS) is 11.4. The van der Waals surface area contributed by atoms with Crippen LogP contribution in [0.15, 0.2) is 54.6 Å². The molecule has 0 saturated carbocycles. The van der Waals surface area contributed by atoms with Crippen LogP contribution in [0.1, 0.15) is 5.56 Å². The summed E-state index contributed by atoms with van der Waals surface area (Å²) in [6.07, 6.45) is 1.07. The zero-order valence-electron chi connectivity index (χ0n) is 12.6. The number of anilines is 1. The zero-order valence-corrected chi connectivity index (χ0v) is 14.1. The van der Waals surface area contributed by atoms with Crippen LogP contribution in [-0.4, -0.2) is 31.4 Å². The number of nitrogens with one attached hydrogen (secondary N) is 1. The monoisotopic (exact) mass is 352 g/mol. The summed E-state index contributed by atoms with van der Waals surface area (Å²) in [5, 5.41) is 3.13. The molecular weight excluding hydrogens is 336 g/mol. The molecule has 2 aromatic rings. The van der Waals surface area contributed by atoms with Gasteiger partial charge >= 0.3 is 0 Å². The predicted octanol–water partition coefficient (Wildman–Crippen LogP) is 2.74. The number of halogens is 1. The fourth-order valence-electron chi connectivity index (χ4n) is 1.99. The van der Waals surface area contributed by atoms with Crippen LogP contribution in [0.4, 0.5) is 5.69 Å². The Kier molecular flexibility index (Phi) is 5.76. The van der Waals surface area contributed by atoms with E-state index in [-0.39, 0.29) is 13.1 Å². The molecule has 2 aromatic carbocycles. The number of rotatable bonds is 6. The van der Waals surface area contributed by atoms with Gasteiger partial charge in [-0.2, -0.15) is 4.31 Å². The number of sulfonamides is 1. The largest absolute Gasteiger partial charge is 0.325 e. The minimum Gasteiger partial charge on any atom is -0.325 e. The summed E-state index contributed by atoms with van der Waals surface area (Å²) in [6.45, 7) is -0.236. The van der Waals surface area contributed by atoms with Gasteiger partial charge in [-0.05, 0) is 23.8 Å². The minimum absolute atomic E-state index is 0.0424. The maximum absolute atomic E-state index is 12.1. The quantitative estimate of drug-likeness (QED) is 0.869. The summed E-state index contributed by atoms with van der Waals surface area (Å²) >= 11 is 6.06. The summed E-state index contributed by atoms with van der Waals surface area (Å²) in [6, 6.07) is 15.8. The van der Waals surface area contributed by atoms with Crippen molar-refractivity contribution in [1.29, 1.82) is 0 Å². The van der Waals surface area contributed by atoms with Crippen LogP contribution in [0.25, 0.3) is 0 Å². The summed E-state index contributed by atoms with van der Waals surface area (Å²) in [4.78, 5) is 12.1. The first-order chi connectivity index (χ1) is 10.9. The van der Waals surface area contributed by atoms with Crippen LogP contribution >= 0.6 is 11.6 Å². The molecule has 0 heterocycles. The van der Waals surface area contributed by atoms with Crippen molar-refractivity contribution in [2.24, 2.45) is 0 Å². The van der Waals surface area contributed by atoms with Gasteiger partial charge in [0.05, 0.1) is 12.8 Å². The third-order valence-corrected chi connectivity index (χ3v) is 4.72. The fraction of sp³-hybridized carbons (Fsp3) is 0.188. The van der Waals surface area contributed by atoms with Gasteiger partial charge in [-0.3, -0.25) is 4.79 Å². The molecule has 0 radical (unpaired) electrons. The molecule has 0 aromatic heterocycles. The number of benzene rings is 2. The Bertz CT molecular complexity index is 779. The Morgan fingerprint density at radius 1 is 1.09 bits per heavy atom. The molecule has 122 valence electrons. The molecule has 0 unspecified atom stereocenters. The van der Waals surface area contributed by atoms with Crippen molar-refractivity contribution in [1.82, 2.24) is 4.31 Å². The lowest BCUT2D eigenvalue weighted by molar-refractivity contribution is -0.116. The van der Waals surface area contributed by atoms with Crippen molar-refractivity contribution in [3.8, 4) is 0 Å². The molecule has 0 aliphatic rings. The third kappa shape index (κ3) is 5.35. The molecule has 1 N–H and O–H groups in total. The summed E-state index contributed by atoms with van der Waals surface area (Å²) in [7, 11) is -3.55. The first-order valence-electron chi connectivity index (χ1n) is 6.89. The van der Waals surface area contributed by atoms with Crippen LogP contribution in [0, 0.1) is 0 Å². The number of hydrogen-bond donors (Lipinski definition) is 1. The smallest absolute Gasteiger partial charge is 0.239 e. The first-order valence-corrected chi connectivity index (χ1v) is 9.12. The lowest BCUT2D eigenvalue weighted by Crippen LogP contribution is -2.37. The van der Waals surface area contributed by atoms with Gasteiger partial charge < -0.3 is 5.32 Å². The molecule has 0 bridgehead atoms. The van der Waals surface area contributed by atoms with E-state index < -0.39 is 15.9 Å². The van der Waals surface area contributed by atoms with Gasteiger partial charge in [0, 0.05) is 17.3 Å². The minimum atomic E-state index is -3.55. The van der Waals surface area contributed by atoms with E-state index in [2.05, 4.69) is 5.32 Å². The summed E-state index contributed by atoms with van der Waals surface area (Å²) in [5.41, 5.74) is 1.26. The number of para-hydroxylation sites is 1. The van der Waals surface area contributed by atoms with Crippen molar-refractivity contribution < 1.29 is 13.2 Å². The lowest BCUT2D eigenvalue weighted by Gasteiger charge is -2.20. The number of carbonyl (C=O) groups is 1. The lowest BCUT2D eigenvalue weighted by atomic mass is 10.2. The highest BCUT2D eigenvalue weighted by Crippen LogP contribution is 2.18. The van der Waals surface area contributed by atoms with Crippen molar-refractivity contribution >= 4 is 33.2 Å². The van der Waals surface area contributed by atoms with E-state index in [9.17, 15) is 13.2 Å².